The number of ether oxygens (including phenoxy) is 1. The summed E-state index contributed by atoms with van der Waals surface area (Å²) in [5, 5.41) is 11.8. The minimum Gasteiger partial charge on any atom is -0.382 e. The fourth-order valence-corrected chi connectivity index (χ4v) is 1.13. The van der Waals surface area contributed by atoms with Crippen LogP contribution in [0.2, 0.25) is 0 Å². The molecule has 1 aromatic rings. The number of nitrogens with zero attached hydrogens (tertiary/aromatic N) is 2. The van der Waals surface area contributed by atoms with Gasteiger partial charge in [-0.25, -0.2) is 4.98 Å². The average Bonchev–Trinajstić information content (AvgIpc) is 2.29. The van der Waals surface area contributed by atoms with E-state index in [4.69, 9.17) is 10.00 Å². The molecule has 1 heterocycles. The van der Waals surface area contributed by atoms with E-state index in [2.05, 4.69) is 10.3 Å². The Morgan fingerprint density at radius 1 is 1.53 bits per heavy atom. The fraction of sp³-hybridized carbons (Fsp3) is 0.455. The van der Waals surface area contributed by atoms with Crippen molar-refractivity contribution in [2.24, 2.45) is 0 Å². The number of aromatic nitrogens is 1. The summed E-state index contributed by atoms with van der Waals surface area (Å²) in [6.45, 7) is 4.29. The Balaban J connectivity index is 2.28. The number of rotatable bonds is 6. The summed E-state index contributed by atoms with van der Waals surface area (Å²) in [6.07, 6.45) is 0.937. The molecule has 80 valence electrons. The second-order valence-electron chi connectivity index (χ2n) is 3.00. The Morgan fingerprint density at radius 2 is 2.40 bits per heavy atom. The molecule has 0 bridgehead atoms. The van der Waals surface area contributed by atoms with Gasteiger partial charge in [0.15, 0.2) is 0 Å². The van der Waals surface area contributed by atoms with Crippen LogP contribution < -0.4 is 5.32 Å². The van der Waals surface area contributed by atoms with Crippen LogP contribution in [0.15, 0.2) is 18.2 Å². The molecule has 1 N–H and O–H groups in total. The maximum absolute atomic E-state index is 8.64. The minimum atomic E-state index is 0.435. The summed E-state index contributed by atoms with van der Waals surface area (Å²) in [5.74, 6) is 0.741. The minimum absolute atomic E-state index is 0.435. The third-order valence-electron chi connectivity index (χ3n) is 1.84. The molecule has 15 heavy (non-hydrogen) atoms. The highest BCUT2D eigenvalue weighted by atomic mass is 16.5. The highest BCUT2D eigenvalue weighted by Crippen LogP contribution is 2.03. The second-order valence-corrected chi connectivity index (χ2v) is 3.00. The van der Waals surface area contributed by atoms with Crippen molar-refractivity contribution in [3.8, 4) is 6.07 Å². The van der Waals surface area contributed by atoms with Gasteiger partial charge in [-0.15, -0.1) is 0 Å². The molecular weight excluding hydrogens is 190 g/mol. The quantitative estimate of drug-likeness (QED) is 0.719. The molecule has 1 rings (SSSR count). The summed E-state index contributed by atoms with van der Waals surface area (Å²) in [5.41, 5.74) is 0.435. The monoisotopic (exact) mass is 205 g/mol. The van der Waals surface area contributed by atoms with Crippen molar-refractivity contribution >= 4 is 5.82 Å². The Kier molecular flexibility index (Phi) is 5.20. The molecule has 0 fully saturated rings. The number of anilines is 1. The molecule has 0 unspecified atom stereocenters. The van der Waals surface area contributed by atoms with Gasteiger partial charge in [-0.2, -0.15) is 5.26 Å². The van der Waals surface area contributed by atoms with Crippen LogP contribution in [0, 0.1) is 11.3 Å². The second kappa shape index (κ2) is 6.80. The van der Waals surface area contributed by atoms with E-state index in [1.165, 1.54) is 0 Å². The van der Waals surface area contributed by atoms with E-state index in [-0.39, 0.29) is 0 Å². The lowest BCUT2D eigenvalue weighted by Gasteiger charge is -2.05. The lowest BCUT2D eigenvalue weighted by molar-refractivity contribution is 0.147. The van der Waals surface area contributed by atoms with E-state index in [9.17, 15) is 0 Å². The SMILES string of the molecule is CCOCCCNc1cccc(C#N)n1. The first-order chi connectivity index (χ1) is 7.36. The third kappa shape index (κ3) is 4.43. The van der Waals surface area contributed by atoms with Crippen LogP contribution in [-0.2, 0) is 4.74 Å². The molecule has 0 amide bonds. The van der Waals surface area contributed by atoms with Gasteiger partial charge in [0, 0.05) is 19.8 Å². The van der Waals surface area contributed by atoms with Gasteiger partial charge in [0.1, 0.15) is 17.6 Å². The van der Waals surface area contributed by atoms with E-state index in [1.807, 2.05) is 25.1 Å². The molecule has 0 spiro atoms. The van der Waals surface area contributed by atoms with E-state index in [1.54, 1.807) is 6.07 Å². The van der Waals surface area contributed by atoms with Crippen molar-refractivity contribution in [3.05, 3.63) is 23.9 Å². The van der Waals surface area contributed by atoms with Crippen molar-refractivity contribution in [1.82, 2.24) is 4.98 Å². The van der Waals surface area contributed by atoms with Gasteiger partial charge in [-0.05, 0) is 25.5 Å². The Labute approximate surface area is 89.9 Å². The van der Waals surface area contributed by atoms with Crippen molar-refractivity contribution in [1.29, 1.82) is 5.26 Å². The molecule has 0 aromatic carbocycles. The zero-order valence-corrected chi connectivity index (χ0v) is 8.86. The molecule has 0 saturated carbocycles. The lowest BCUT2D eigenvalue weighted by atomic mass is 10.3. The standard InChI is InChI=1S/C11H15N3O/c1-2-15-8-4-7-13-11-6-3-5-10(9-12)14-11/h3,5-6H,2,4,7-8H2,1H3,(H,13,14). The summed E-state index contributed by atoms with van der Waals surface area (Å²) in [6, 6.07) is 7.35. The summed E-state index contributed by atoms with van der Waals surface area (Å²) in [7, 11) is 0. The molecule has 0 aliphatic carbocycles. The number of hydrogen-bond donors (Lipinski definition) is 1. The molecule has 0 aliphatic heterocycles. The largest absolute Gasteiger partial charge is 0.382 e. The van der Waals surface area contributed by atoms with Crippen molar-refractivity contribution in [2.75, 3.05) is 25.1 Å². The van der Waals surface area contributed by atoms with E-state index >= 15 is 0 Å². The molecule has 4 nitrogen and oxygen atoms in total. The molecule has 0 aliphatic rings. The van der Waals surface area contributed by atoms with Crippen LogP contribution in [0.5, 0.6) is 0 Å². The maximum Gasteiger partial charge on any atom is 0.142 e. The van der Waals surface area contributed by atoms with Crippen molar-refractivity contribution in [2.45, 2.75) is 13.3 Å². The maximum atomic E-state index is 8.64. The van der Waals surface area contributed by atoms with Gasteiger partial charge >= 0.3 is 0 Å². The number of hydrogen-bond acceptors (Lipinski definition) is 4. The highest BCUT2D eigenvalue weighted by Gasteiger charge is 1.95. The smallest absolute Gasteiger partial charge is 0.142 e. The molecule has 1 aromatic heterocycles. The molecule has 0 saturated heterocycles. The fourth-order valence-electron chi connectivity index (χ4n) is 1.13. The summed E-state index contributed by atoms with van der Waals surface area (Å²) >= 11 is 0. The van der Waals surface area contributed by atoms with Crippen LogP contribution >= 0.6 is 0 Å². The van der Waals surface area contributed by atoms with Crippen LogP contribution in [0.4, 0.5) is 5.82 Å². The molecule has 4 heteroatoms. The van der Waals surface area contributed by atoms with Crippen LogP contribution in [0.25, 0.3) is 0 Å². The van der Waals surface area contributed by atoms with Gasteiger partial charge in [-0.1, -0.05) is 6.07 Å². The van der Waals surface area contributed by atoms with Crippen LogP contribution in [0.1, 0.15) is 19.0 Å². The van der Waals surface area contributed by atoms with E-state index in [0.717, 1.165) is 32.0 Å². The topological polar surface area (TPSA) is 57.9 Å². The van der Waals surface area contributed by atoms with Crippen LogP contribution in [-0.4, -0.2) is 24.7 Å². The van der Waals surface area contributed by atoms with Gasteiger partial charge in [-0.3, -0.25) is 0 Å². The number of nitriles is 1. The highest BCUT2D eigenvalue weighted by molar-refractivity contribution is 5.38. The third-order valence-corrected chi connectivity index (χ3v) is 1.84. The first-order valence-electron chi connectivity index (χ1n) is 5.05. The zero-order valence-electron chi connectivity index (χ0n) is 8.86. The first-order valence-corrected chi connectivity index (χ1v) is 5.05. The van der Waals surface area contributed by atoms with E-state index in [0.29, 0.717) is 5.69 Å². The first kappa shape index (κ1) is 11.5. The van der Waals surface area contributed by atoms with Gasteiger partial charge in [0.25, 0.3) is 0 Å². The molecular formula is C11H15N3O. The van der Waals surface area contributed by atoms with Crippen LogP contribution in [0.3, 0.4) is 0 Å². The van der Waals surface area contributed by atoms with Gasteiger partial charge in [0.2, 0.25) is 0 Å². The predicted octanol–water partition coefficient (Wildman–Crippen LogP) is 1.79. The van der Waals surface area contributed by atoms with Gasteiger partial charge < -0.3 is 10.1 Å². The number of nitrogens with one attached hydrogen (secondary N) is 1. The number of pyridine rings is 1. The summed E-state index contributed by atoms with van der Waals surface area (Å²) < 4.78 is 5.20. The Hall–Kier alpha value is -1.60. The lowest BCUT2D eigenvalue weighted by Crippen LogP contribution is -2.07. The zero-order chi connectivity index (χ0) is 10.9. The predicted molar refractivity (Wildman–Crippen MR) is 58.6 cm³/mol. The average molecular weight is 205 g/mol. The normalized spacial score (nSPS) is 9.60. The molecule has 0 atom stereocenters. The summed E-state index contributed by atoms with van der Waals surface area (Å²) in [4.78, 5) is 4.10. The van der Waals surface area contributed by atoms with Crippen molar-refractivity contribution < 1.29 is 4.74 Å². The van der Waals surface area contributed by atoms with Crippen molar-refractivity contribution in [3.63, 3.8) is 0 Å². The Morgan fingerprint density at radius 3 is 3.13 bits per heavy atom. The Bertz CT molecular complexity index is 333. The molecule has 0 radical (unpaired) electrons. The van der Waals surface area contributed by atoms with E-state index < -0.39 is 0 Å². The van der Waals surface area contributed by atoms with Gasteiger partial charge in [0.05, 0.1) is 0 Å².